The van der Waals surface area contributed by atoms with E-state index in [9.17, 15) is 5.26 Å². The summed E-state index contributed by atoms with van der Waals surface area (Å²) in [5.74, 6) is 0.757. The molecule has 96 valence electrons. The van der Waals surface area contributed by atoms with E-state index >= 15 is 0 Å². The van der Waals surface area contributed by atoms with E-state index in [2.05, 4.69) is 32.1 Å². The Hall–Kier alpha value is -2.23. The SMILES string of the molecule is N#C[N+]12C=CN=C1c1cccc(Br)c1-n1cncc1C2. The minimum absolute atomic E-state index is 0.0646. The molecule has 1 atom stereocenters. The molecule has 2 aromatic rings. The summed E-state index contributed by atoms with van der Waals surface area (Å²) in [6.45, 7) is 0.521. The smallest absolute Gasteiger partial charge is 0.296 e. The first-order valence-corrected chi connectivity index (χ1v) is 6.90. The number of aromatic nitrogens is 2. The van der Waals surface area contributed by atoms with Crippen molar-refractivity contribution in [3.8, 4) is 11.9 Å². The lowest BCUT2D eigenvalue weighted by Crippen LogP contribution is -2.40. The second kappa shape index (κ2) is 3.88. The predicted octanol–water partition coefficient (Wildman–Crippen LogP) is 2.68. The van der Waals surface area contributed by atoms with Crippen molar-refractivity contribution < 1.29 is 4.48 Å². The normalized spacial score (nSPS) is 22.3. The lowest BCUT2D eigenvalue weighted by atomic mass is 10.1. The maximum atomic E-state index is 9.68. The molecule has 2 aliphatic heterocycles. The van der Waals surface area contributed by atoms with Gasteiger partial charge in [0.1, 0.15) is 12.7 Å². The molecule has 20 heavy (non-hydrogen) atoms. The third-order valence-electron chi connectivity index (χ3n) is 3.67. The molecule has 0 aliphatic carbocycles. The molecule has 0 N–H and O–H groups in total. The number of nitriles is 1. The Morgan fingerprint density at radius 2 is 2.30 bits per heavy atom. The predicted molar refractivity (Wildman–Crippen MR) is 76.5 cm³/mol. The van der Waals surface area contributed by atoms with Gasteiger partial charge in [-0.3, -0.25) is 4.57 Å². The largest absolute Gasteiger partial charge is 0.321 e. The van der Waals surface area contributed by atoms with Crippen LogP contribution in [0.15, 0.2) is 52.6 Å². The van der Waals surface area contributed by atoms with Crippen molar-refractivity contribution in [2.45, 2.75) is 6.54 Å². The van der Waals surface area contributed by atoms with Gasteiger partial charge in [-0.15, -0.1) is 9.74 Å². The molecule has 3 heterocycles. The molecular weight excluding hydrogens is 318 g/mol. The van der Waals surface area contributed by atoms with Gasteiger partial charge in [-0.2, -0.15) is 4.99 Å². The highest BCUT2D eigenvalue weighted by Crippen LogP contribution is 2.35. The van der Waals surface area contributed by atoms with E-state index in [1.807, 2.05) is 29.0 Å². The fourth-order valence-corrected chi connectivity index (χ4v) is 3.31. The molecule has 0 saturated carbocycles. The average Bonchev–Trinajstić information content (AvgIpc) is 3.05. The van der Waals surface area contributed by atoms with Crippen LogP contribution < -0.4 is 0 Å². The van der Waals surface area contributed by atoms with Crippen LogP contribution >= 0.6 is 15.9 Å². The highest BCUT2D eigenvalue weighted by Gasteiger charge is 2.43. The maximum Gasteiger partial charge on any atom is 0.321 e. The fourth-order valence-electron chi connectivity index (χ4n) is 2.76. The molecular formula is C14H9BrN5+. The van der Waals surface area contributed by atoms with Crippen LogP contribution in [-0.4, -0.2) is 19.9 Å². The summed E-state index contributed by atoms with van der Waals surface area (Å²) in [5.41, 5.74) is 2.91. The Bertz CT molecular complexity index is 826. The van der Waals surface area contributed by atoms with Crippen LogP contribution in [0.2, 0.25) is 0 Å². The number of hydrogen-bond donors (Lipinski definition) is 0. The number of halogens is 1. The van der Waals surface area contributed by atoms with Crippen LogP contribution in [0.5, 0.6) is 0 Å². The van der Waals surface area contributed by atoms with E-state index in [-0.39, 0.29) is 4.48 Å². The van der Waals surface area contributed by atoms with Crippen LogP contribution in [0.4, 0.5) is 0 Å². The maximum absolute atomic E-state index is 9.68. The molecule has 0 bridgehead atoms. The number of aliphatic imine (C=N–C) groups is 1. The number of rotatable bonds is 0. The number of benzene rings is 1. The van der Waals surface area contributed by atoms with Crippen molar-refractivity contribution in [1.29, 1.82) is 5.26 Å². The number of nitrogens with zero attached hydrogens (tertiary/aromatic N) is 5. The highest BCUT2D eigenvalue weighted by atomic mass is 79.9. The Kier molecular flexibility index (Phi) is 2.25. The minimum atomic E-state index is 0.0646. The molecule has 1 aromatic heterocycles. The molecule has 0 spiro atoms. The Labute approximate surface area is 123 Å². The van der Waals surface area contributed by atoms with Gasteiger partial charge in [0.05, 0.1) is 35.7 Å². The number of fused-ring (bicyclic) bond motifs is 5. The fraction of sp³-hybridized carbons (Fsp3) is 0.0714. The summed E-state index contributed by atoms with van der Waals surface area (Å²) in [6.07, 6.45) is 9.48. The third kappa shape index (κ3) is 1.33. The first-order valence-electron chi connectivity index (χ1n) is 6.11. The Morgan fingerprint density at radius 3 is 3.15 bits per heavy atom. The van der Waals surface area contributed by atoms with Gasteiger partial charge in [0.2, 0.25) is 0 Å². The number of imidazole rings is 1. The van der Waals surface area contributed by atoms with Gasteiger partial charge in [-0.1, -0.05) is 6.07 Å². The summed E-state index contributed by atoms with van der Waals surface area (Å²) in [5, 5.41) is 9.68. The zero-order valence-corrected chi connectivity index (χ0v) is 11.9. The molecule has 5 nitrogen and oxygen atoms in total. The topological polar surface area (TPSA) is 54.0 Å². The van der Waals surface area contributed by atoms with Gasteiger partial charge in [-0.25, -0.2) is 4.98 Å². The Balaban J connectivity index is 2.13. The van der Waals surface area contributed by atoms with Crippen molar-refractivity contribution in [3.63, 3.8) is 0 Å². The van der Waals surface area contributed by atoms with Crippen LogP contribution in [0.25, 0.3) is 5.69 Å². The van der Waals surface area contributed by atoms with Gasteiger partial charge in [0, 0.05) is 4.47 Å². The van der Waals surface area contributed by atoms with Crippen LogP contribution in [-0.2, 0) is 6.54 Å². The first kappa shape index (κ1) is 11.6. The van der Waals surface area contributed by atoms with Gasteiger partial charge in [0.15, 0.2) is 0 Å². The zero-order chi connectivity index (χ0) is 13.7. The summed E-state index contributed by atoms with van der Waals surface area (Å²) in [6, 6.07) is 5.93. The summed E-state index contributed by atoms with van der Waals surface area (Å²) in [4.78, 5) is 8.66. The molecule has 2 aliphatic rings. The van der Waals surface area contributed by atoms with Crippen LogP contribution in [0.1, 0.15) is 11.3 Å². The highest BCUT2D eigenvalue weighted by molar-refractivity contribution is 9.10. The molecule has 0 amide bonds. The summed E-state index contributed by atoms with van der Waals surface area (Å²) in [7, 11) is 0. The quantitative estimate of drug-likeness (QED) is 0.552. The van der Waals surface area contributed by atoms with E-state index in [0.717, 1.165) is 27.3 Å². The number of amidine groups is 1. The van der Waals surface area contributed by atoms with Gasteiger partial charge in [0.25, 0.3) is 5.84 Å². The minimum Gasteiger partial charge on any atom is -0.296 e. The molecule has 0 radical (unpaired) electrons. The van der Waals surface area contributed by atoms with E-state index in [4.69, 9.17) is 0 Å². The third-order valence-corrected chi connectivity index (χ3v) is 4.31. The Morgan fingerprint density at radius 1 is 1.40 bits per heavy atom. The molecule has 6 heteroatoms. The molecule has 1 aromatic carbocycles. The molecule has 0 fully saturated rings. The standard InChI is InChI=1S/C14H9BrN5/c15-12-3-1-2-11-13(12)19-9-17-6-10(19)7-20(8-16)5-4-18-14(11)20/h1-6,9H,7H2/q+1. The van der Waals surface area contributed by atoms with E-state index in [0.29, 0.717) is 6.54 Å². The van der Waals surface area contributed by atoms with E-state index < -0.39 is 0 Å². The zero-order valence-electron chi connectivity index (χ0n) is 10.4. The van der Waals surface area contributed by atoms with Gasteiger partial charge < -0.3 is 0 Å². The van der Waals surface area contributed by atoms with Crippen molar-refractivity contribution in [1.82, 2.24) is 9.55 Å². The number of para-hydroxylation sites is 1. The van der Waals surface area contributed by atoms with Crippen molar-refractivity contribution in [2.75, 3.05) is 0 Å². The second-order valence-electron chi connectivity index (χ2n) is 4.77. The monoisotopic (exact) mass is 326 g/mol. The van der Waals surface area contributed by atoms with Crippen LogP contribution in [0.3, 0.4) is 0 Å². The molecule has 0 saturated heterocycles. The lowest BCUT2D eigenvalue weighted by Gasteiger charge is -2.20. The van der Waals surface area contributed by atoms with Crippen molar-refractivity contribution in [3.05, 3.63) is 58.9 Å². The second-order valence-corrected chi connectivity index (χ2v) is 5.62. The first-order chi connectivity index (χ1) is 9.75. The van der Waals surface area contributed by atoms with Crippen LogP contribution in [0, 0.1) is 11.5 Å². The molecule has 1 unspecified atom stereocenters. The van der Waals surface area contributed by atoms with Crippen molar-refractivity contribution in [2.24, 2.45) is 4.99 Å². The number of quaternary nitrogens is 1. The number of hydrogen-bond acceptors (Lipinski definition) is 3. The van der Waals surface area contributed by atoms with Crippen molar-refractivity contribution >= 4 is 21.8 Å². The summed E-state index contributed by atoms with van der Waals surface area (Å²) < 4.78 is 3.04. The van der Waals surface area contributed by atoms with E-state index in [1.165, 1.54) is 0 Å². The average molecular weight is 327 g/mol. The van der Waals surface area contributed by atoms with Gasteiger partial charge in [-0.05, 0) is 28.1 Å². The summed E-state index contributed by atoms with van der Waals surface area (Å²) >= 11 is 3.59. The lowest BCUT2D eigenvalue weighted by molar-refractivity contribution is -0.728. The van der Waals surface area contributed by atoms with E-state index in [1.54, 1.807) is 18.7 Å². The van der Waals surface area contributed by atoms with Gasteiger partial charge >= 0.3 is 6.19 Å². The molecule has 4 rings (SSSR count).